The molecule has 0 N–H and O–H groups in total. The van der Waals surface area contributed by atoms with Crippen LogP contribution >= 0.6 is 24.0 Å². The van der Waals surface area contributed by atoms with E-state index >= 15 is 0 Å². The maximum absolute atomic E-state index is 11.5. The van der Waals surface area contributed by atoms with Crippen LogP contribution < -0.4 is 0 Å². The molecule has 0 amide bonds. The number of carbonyl (C=O) groups is 2. The number of Topliss-reactive ketones (excluding diaryl/α,β-unsaturated/α-hetero) is 2. The summed E-state index contributed by atoms with van der Waals surface area (Å²) >= 11 is 6.17. The Balaban J connectivity index is 2.90. The Labute approximate surface area is 103 Å². The van der Waals surface area contributed by atoms with E-state index in [-0.39, 0.29) is 11.6 Å². The first-order valence-electron chi connectivity index (χ1n) is 4.63. The summed E-state index contributed by atoms with van der Waals surface area (Å²) in [7, 11) is 0. The molecular formula is C10H12N2O2S2. The van der Waals surface area contributed by atoms with Crippen LogP contribution in [0.2, 0.25) is 0 Å². The van der Waals surface area contributed by atoms with Gasteiger partial charge in [-0.25, -0.2) is 4.68 Å². The maximum atomic E-state index is 11.5. The minimum absolute atomic E-state index is 0.209. The Morgan fingerprint density at radius 1 is 1.38 bits per heavy atom. The van der Waals surface area contributed by atoms with Gasteiger partial charge >= 0.3 is 0 Å². The number of ketones is 2. The summed E-state index contributed by atoms with van der Waals surface area (Å²) in [4.78, 5) is 23.0. The molecule has 0 aliphatic carbocycles. The summed E-state index contributed by atoms with van der Waals surface area (Å²) < 4.78 is 0.727. The van der Waals surface area contributed by atoms with Gasteiger partial charge in [0.15, 0.2) is 15.9 Å². The molecule has 6 heteroatoms. The van der Waals surface area contributed by atoms with E-state index in [4.69, 9.17) is 12.2 Å². The van der Waals surface area contributed by atoms with E-state index in [0.29, 0.717) is 4.32 Å². The normalized spacial score (nSPS) is 11.2. The van der Waals surface area contributed by atoms with E-state index in [1.165, 1.54) is 18.5 Å². The van der Waals surface area contributed by atoms with Gasteiger partial charge in [-0.3, -0.25) is 9.59 Å². The highest BCUT2D eigenvalue weighted by molar-refractivity contribution is 8.24. The number of hydrogen-bond donors (Lipinski definition) is 0. The molecule has 0 spiro atoms. The molecule has 1 rings (SSSR count). The van der Waals surface area contributed by atoms with Crippen LogP contribution in [0.5, 0.6) is 0 Å². The average Bonchev–Trinajstić information content (AvgIpc) is 2.69. The molecule has 0 unspecified atom stereocenters. The summed E-state index contributed by atoms with van der Waals surface area (Å²) in [6.07, 6.45) is 3.27. The summed E-state index contributed by atoms with van der Waals surface area (Å²) in [6, 6.07) is 1.73. The third-order valence-electron chi connectivity index (χ3n) is 2.33. The van der Waals surface area contributed by atoms with Crippen molar-refractivity contribution in [3.63, 3.8) is 0 Å². The Bertz CT molecular complexity index is 412. The minimum Gasteiger partial charge on any atom is -0.298 e. The van der Waals surface area contributed by atoms with E-state index in [1.54, 1.807) is 25.4 Å². The molecule has 4 nitrogen and oxygen atoms in total. The molecule has 0 aliphatic rings. The first-order chi connectivity index (χ1) is 7.38. The highest BCUT2D eigenvalue weighted by Crippen LogP contribution is 2.29. The summed E-state index contributed by atoms with van der Waals surface area (Å²) in [5.41, 5.74) is 0. The second-order valence-corrected chi connectivity index (χ2v) is 5.52. The second-order valence-electron chi connectivity index (χ2n) is 3.46. The van der Waals surface area contributed by atoms with Crippen LogP contribution in [0.1, 0.15) is 20.8 Å². The van der Waals surface area contributed by atoms with Crippen LogP contribution in [0.3, 0.4) is 0 Å². The van der Waals surface area contributed by atoms with Crippen molar-refractivity contribution >= 4 is 39.9 Å². The number of carbonyl (C=O) groups excluding carboxylic acids is 2. The topological polar surface area (TPSA) is 52.0 Å². The summed E-state index contributed by atoms with van der Waals surface area (Å²) in [5.74, 6) is -0.418. The molecule has 0 atom stereocenters. The molecule has 0 aliphatic heterocycles. The van der Waals surface area contributed by atoms with Crippen molar-refractivity contribution in [2.75, 3.05) is 0 Å². The van der Waals surface area contributed by atoms with Gasteiger partial charge in [0.2, 0.25) is 0 Å². The Morgan fingerprint density at radius 3 is 2.31 bits per heavy atom. The number of rotatable bonds is 3. The Morgan fingerprint density at radius 2 is 1.94 bits per heavy atom. The smallest absolute Gasteiger partial charge is 0.162 e. The molecule has 0 aromatic carbocycles. The number of nitrogens with zero attached hydrogens (tertiary/aromatic N) is 2. The van der Waals surface area contributed by atoms with Gasteiger partial charge in [-0.2, -0.15) is 5.10 Å². The fourth-order valence-electron chi connectivity index (χ4n) is 0.990. The highest BCUT2D eigenvalue weighted by atomic mass is 32.2. The monoisotopic (exact) mass is 256 g/mol. The fourth-order valence-corrected chi connectivity index (χ4v) is 2.44. The predicted octanol–water partition coefficient (Wildman–Crippen LogP) is 1.69. The van der Waals surface area contributed by atoms with Crippen molar-refractivity contribution in [3.05, 3.63) is 18.5 Å². The number of hydrogen-bond acceptors (Lipinski definition) is 5. The SMILES string of the molecule is CC(=O)C(C)(SC(=S)n1cccn1)C(C)=O. The van der Waals surface area contributed by atoms with Crippen molar-refractivity contribution in [2.24, 2.45) is 0 Å². The van der Waals surface area contributed by atoms with Gasteiger partial charge in [0.05, 0.1) is 0 Å². The van der Waals surface area contributed by atoms with E-state index in [9.17, 15) is 9.59 Å². The Hall–Kier alpha value is -1.01. The molecule has 86 valence electrons. The zero-order chi connectivity index (χ0) is 12.3. The van der Waals surface area contributed by atoms with Gasteiger partial charge < -0.3 is 0 Å². The van der Waals surface area contributed by atoms with Crippen molar-refractivity contribution in [2.45, 2.75) is 25.5 Å². The molecule has 1 aromatic rings. The Kier molecular flexibility index (Phi) is 3.98. The minimum atomic E-state index is -1.12. The van der Waals surface area contributed by atoms with Gasteiger partial charge in [0.1, 0.15) is 4.75 Å². The van der Waals surface area contributed by atoms with Crippen LogP contribution in [-0.2, 0) is 9.59 Å². The van der Waals surface area contributed by atoms with Crippen LogP contribution in [0, 0.1) is 0 Å². The molecule has 0 radical (unpaired) electrons. The fraction of sp³-hybridized carbons (Fsp3) is 0.400. The lowest BCUT2D eigenvalue weighted by Crippen LogP contribution is -2.39. The molecule has 1 aromatic heterocycles. The highest BCUT2D eigenvalue weighted by Gasteiger charge is 2.37. The number of thioether (sulfide) groups is 1. The standard InChI is InChI=1S/C10H12N2O2S2/c1-7(13)10(3,8(2)14)16-9(15)12-6-4-5-11-12/h4-6H,1-3H3. The molecule has 0 fully saturated rings. The van der Waals surface area contributed by atoms with Gasteiger partial charge in [-0.05, 0) is 26.8 Å². The lowest BCUT2D eigenvalue weighted by atomic mass is 10.0. The molecule has 0 bridgehead atoms. The maximum Gasteiger partial charge on any atom is 0.162 e. The molecule has 0 saturated carbocycles. The summed E-state index contributed by atoms with van der Waals surface area (Å²) in [6.45, 7) is 4.36. The van der Waals surface area contributed by atoms with Gasteiger partial charge in [-0.15, -0.1) is 0 Å². The molecular weight excluding hydrogens is 244 g/mol. The lowest BCUT2D eigenvalue weighted by molar-refractivity contribution is -0.127. The van der Waals surface area contributed by atoms with Gasteiger partial charge in [-0.1, -0.05) is 24.0 Å². The molecule has 0 saturated heterocycles. The van der Waals surface area contributed by atoms with Crippen LogP contribution in [0.4, 0.5) is 0 Å². The molecule has 1 heterocycles. The number of aromatic nitrogens is 2. The largest absolute Gasteiger partial charge is 0.298 e. The van der Waals surface area contributed by atoms with Crippen molar-refractivity contribution < 1.29 is 9.59 Å². The van der Waals surface area contributed by atoms with E-state index in [1.807, 2.05) is 0 Å². The van der Waals surface area contributed by atoms with Crippen molar-refractivity contribution in [3.8, 4) is 0 Å². The quantitative estimate of drug-likeness (QED) is 0.608. The van der Waals surface area contributed by atoms with E-state index in [0.717, 1.165) is 11.8 Å². The predicted molar refractivity (Wildman–Crippen MR) is 67.6 cm³/mol. The van der Waals surface area contributed by atoms with Crippen molar-refractivity contribution in [1.82, 2.24) is 9.78 Å². The first kappa shape index (κ1) is 13.1. The van der Waals surface area contributed by atoms with Gasteiger partial charge in [0.25, 0.3) is 0 Å². The van der Waals surface area contributed by atoms with Crippen LogP contribution in [-0.4, -0.2) is 30.4 Å². The second kappa shape index (κ2) is 4.88. The average molecular weight is 256 g/mol. The third kappa shape index (κ3) is 2.56. The molecule has 16 heavy (non-hydrogen) atoms. The zero-order valence-corrected chi connectivity index (χ0v) is 10.9. The van der Waals surface area contributed by atoms with Crippen LogP contribution in [0.25, 0.3) is 0 Å². The van der Waals surface area contributed by atoms with Gasteiger partial charge in [0, 0.05) is 12.4 Å². The lowest BCUT2D eigenvalue weighted by Gasteiger charge is -2.22. The van der Waals surface area contributed by atoms with Crippen LogP contribution in [0.15, 0.2) is 18.5 Å². The van der Waals surface area contributed by atoms with E-state index < -0.39 is 4.75 Å². The summed E-state index contributed by atoms with van der Waals surface area (Å²) in [5, 5.41) is 3.95. The zero-order valence-electron chi connectivity index (χ0n) is 9.26. The number of thiocarbonyl (C=S) groups is 1. The van der Waals surface area contributed by atoms with E-state index in [2.05, 4.69) is 5.10 Å². The van der Waals surface area contributed by atoms with Crippen molar-refractivity contribution in [1.29, 1.82) is 0 Å². The first-order valence-corrected chi connectivity index (χ1v) is 5.85. The third-order valence-corrected chi connectivity index (χ3v) is 4.11.